The Morgan fingerprint density at radius 1 is 1.08 bits per heavy atom. The number of halogens is 1. The van der Waals surface area contributed by atoms with Crippen molar-refractivity contribution in [2.45, 2.75) is 0 Å². The van der Waals surface area contributed by atoms with Crippen LogP contribution in [-0.2, 0) is 0 Å². The molecule has 0 saturated carbocycles. The van der Waals surface area contributed by atoms with E-state index in [1.807, 2.05) is 6.07 Å². The van der Waals surface area contributed by atoms with Gasteiger partial charge in [0.25, 0.3) is 5.69 Å². The second-order valence-electron chi connectivity index (χ2n) is 5.37. The minimum atomic E-state index is -0.469. The Morgan fingerprint density at radius 3 is 2.58 bits per heavy atom. The van der Waals surface area contributed by atoms with Gasteiger partial charge in [0, 0.05) is 22.7 Å². The van der Waals surface area contributed by atoms with Gasteiger partial charge in [-0.15, -0.1) is 11.3 Å². The van der Waals surface area contributed by atoms with Crippen molar-refractivity contribution in [1.82, 2.24) is 9.97 Å². The van der Waals surface area contributed by atoms with Gasteiger partial charge in [-0.05, 0) is 36.4 Å². The molecule has 0 atom stereocenters. The molecule has 3 heterocycles. The highest BCUT2D eigenvalue weighted by atomic mass is 35.5. The fraction of sp³-hybridized carbons (Fsp3) is 0. The van der Waals surface area contributed by atoms with Crippen molar-refractivity contribution < 1.29 is 9.66 Å². The molecule has 0 amide bonds. The number of fused-ring (bicyclic) bond motifs is 1. The molecular weight excluding hydrogens is 374 g/mol. The van der Waals surface area contributed by atoms with Crippen molar-refractivity contribution in [3.63, 3.8) is 0 Å². The highest BCUT2D eigenvalue weighted by molar-refractivity contribution is 7.22. The first-order valence-corrected chi connectivity index (χ1v) is 8.71. The number of aromatic nitrogens is 2. The Kier molecular flexibility index (Phi) is 4.24. The number of nitrogens with zero attached hydrogens (tertiary/aromatic N) is 3. The van der Waals surface area contributed by atoms with Crippen molar-refractivity contribution in [3.05, 3.63) is 76.2 Å². The van der Waals surface area contributed by atoms with Crippen LogP contribution in [0.25, 0.3) is 20.7 Å². The molecule has 0 radical (unpaired) electrons. The zero-order valence-corrected chi connectivity index (χ0v) is 14.7. The molecular formula is C18H10ClN3O3S. The van der Waals surface area contributed by atoms with Gasteiger partial charge in [-0.2, -0.15) is 0 Å². The maximum Gasteiger partial charge on any atom is 0.287 e. The van der Waals surface area contributed by atoms with Crippen molar-refractivity contribution in [2.75, 3.05) is 0 Å². The van der Waals surface area contributed by atoms with E-state index in [0.717, 1.165) is 15.0 Å². The Hall–Kier alpha value is -3.03. The van der Waals surface area contributed by atoms with E-state index in [0.29, 0.717) is 22.2 Å². The minimum Gasteiger partial charge on any atom is -0.455 e. The lowest BCUT2D eigenvalue weighted by molar-refractivity contribution is -0.385. The zero-order chi connectivity index (χ0) is 18.1. The van der Waals surface area contributed by atoms with Crippen LogP contribution in [0.2, 0.25) is 5.02 Å². The largest absolute Gasteiger partial charge is 0.455 e. The van der Waals surface area contributed by atoms with Crippen LogP contribution in [-0.4, -0.2) is 14.9 Å². The van der Waals surface area contributed by atoms with Crippen molar-refractivity contribution in [1.29, 1.82) is 0 Å². The smallest absolute Gasteiger partial charge is 0.287 e. The first kappa shape index (κ1) is 16.4. The molecule has 0 aliphatic heterocycles. The van der Waals surface area contributed by atoms with Crippen molar-refractivity contribution >= 4 is 38.7 Å². The molecule has 128 valence electrons. The normalized spacial score (nSPS) is 10.8. The van der Waals surface area contributed by atoms with Crippen LogP contribution in [0.4, 0.5) is 5.69 Å². The predicted octanol–water partition coefficient (Wildman–Crippen LogP) is 5.71. The molecule has 0 aliphatic carbocycles. The number of ether oxygens (including phenoxy) is 1. The maximum atomic E-state index is 10.8. The summed E-state index contributed by atoms with van der Waals surface area (Å²) in [4.78, 5) is 19.6. The van der Waals surface area contributed by atoms with E-state index < -0.39 is 4.92 Å². The third-order valence-corrected chi connectivity index (χ3v) is 5.01. The number of hydrogen-bond donors (Lipinski definition) is 0. The number of thiophene rings is 1. The Balaban J connectivity index is 1.70. The average Bonchev–Trinajstić information content (AvgIpc) is 3.09. The molecule has 0 fully saturated rings. The molecule has 3 aromatic heterocycles. The van der Waals surface area contributed by atoms with E-state index in [1.54, 1.807) is 42.7 Å². The summed E-state index contributed by atoms with van der Waals surface area (Å²) >= 11 is 7.39. The van der Waals surface area contributed by atoms with Gasteiger partial charge in [0.05, 0.1) is 26.4 Å². The third kappa shape index (κ3) is 3.22. The summed E-state index contributed by atoms with van der Waals surface area (Å²) < 4.78 is 6.86. The third-order valence-electron chi connectivity index (χ3n) is 3.66. The Bertz CT molecular complexity index is 1100. The predicted molar refractivity (Wildman–Crippen MR) is 101 cm³/mol. The number of nitro groups is 1. The van der Waals surface area contributed by atoms with E-state index in [-0.39, 0.29) is 5.69 Å². The van der Waals surface area contributed by atoms with E-state index in [4.69, 9.17) is 16.3 Å². The van der Waals surface area contributed by atoms with E-state index in [2.05, 4.69) is 9.97 Å². The van der Waals surface area contributed by atoms with Gasteiger partial charge < -0.3 is 4.74 Å². The Morgan fingerprint density at radius 2 is 1.88 bits per heavy atom. The summed E-state index contributed by atoms with van der Waals surface area (Å²) in [6.07, 6.45) is 4.66. The lowest BCUT2D eigenvalue weighted by Gasteiger charge is -2.06. The second-order valence-corrected chi connectivity index (χ2v) is 6.90. The van der Waals surface area contributed by atoms with Crippen LogP contribution < -0.4 is 4.74 Å². The molecule has 0 aliphatic rings. The molecule has 0 saturated heterocycles. The van der Waals surface area contributed by atoms with Crippen molar-refractivity contribution in [2.24, 2.45) is 0 Å². The molecule has 1 aromatic carbocycles. The van der Waals surface area contributed by atoms with Gasteiger partial charge in [0.1, 0.15) is 11.9 Å². The van der Waals surface area contributed by atoms with Crippen LogP contribution in [0, 0.1) is 10.1 Å². The lowest BCUT2D eigenvalue weighted by atomic mass is 10.2. The van der Waals surface area contributed by atoms with Gasteiger partial charge >= 0.3 is 0 Å². The van der Waals surface area contributed by atoms with Gasteiger partial charge in [-0.25, -0.2) is 4.98 Å². The fourth-order valence-electron chi connectivity index (χ4n) is 2.41. The SMILES string of the molecule is O=[N+]([O-])c1ccc(-c2cc3c(Oc4ccc(Cl)cc4)cncc3s2)nc1. The van der Waals surface area contributed by atoms with Gasteiger partial charge in [-0.3, -0.25) is 15.1 Å². The summed E-state index contributed by atoms with van der Waals surface area (Å²) in [5.41, 5.74) is 0.623. The highest BCUT2D eigenvalue weighted by Crippen LogP contribution is 2.38. The number of benzene rings is 1. The van der Waals surface area contributed by atoms with Crippen LogP contribution in [0.1, 0.15) is 0 Å². The molecule has 0 bridgehead atoms. The summed E-state index contributed by atoms with van der Waals surface area (Å²) in [5, 5.41) is 12.3. The second kappa shape index (κ2) is 6.70. The summed E-state index contributed by atoms with van der Waals surface area (Å²) in [7, 11) is 0. The quantitative estimate of drug-likeness (QED) is 0.333. The monoisotopic (exact) mass is 383 g/mol. The molecule has 0 N–H and O–H groups in total. The highest BCUT2D eigenvalue weighted by Gasteiger charge is 2.12. The Labute approximate surface area is 156 Å². The fourth-order valence-corrected chi connectivity index (χ4v) is 3.56. The summed E-state index contributed by atoms with van der Waals surface area (Å²) in [6.45, 7) is 0. The molecule has 4 aromatic rings. The van der Waals surface area contributed by atoms with E-state index >= 15 is 0 Å². The lowest BCUT2D eigenvalue weighted by Crippen LogP contribution is -1.89. The first-order valence-electron chi connectivity index (χ1n) is 7.52. The first-order chi connectivity index (χ1) is 12.6. The van der Waals surface area contributed by atoms with E-state index in [9.17, 15) is 10.1 Å². The van der Waals surface area contributed by atoms with Gasteiger partial charge in [0.15, 0.2) is 5.75 Å². The molecule has 6 nitrogen and oxygen atoms in total. The maximum absolute atomic E-state index is 10.8. The molecule has 8 heteroatoms. The number of pyridine rings is 2. The van der Waals surface area contributed by atoms with Gasteiger partial charge in [-0.1, -0.05) is 11.6 Å². The minimum absolute atomic E-state index is 0.0386. The summed E-state index contributed by atoms with van der Waals surface area (Å²) in [6, 6.07) is 12.1. The molecule has 0 spiro atoms. The number of hydrogen-bond acceptors (Lipinski definition) is 6. The topological polar surface area (TPSA) is 78.2 Å². The standard InChI is InChI=1S/C18H10ClN3O3S/c19-11-1-4-13(5-2-11)25-16-9-20-10-18-14(16)7-17(26-18)15-6-3-12(8-21-15)22(23)24/h1-10H. The van der Waals surface area contributed by atoms with Crippen LogP contribution in [0.15, 0.2) is 61.1 Å². The number of rotatable bonds is 4. The van der Waals surface area contributed by atoms with Crippen LogP contribution in [0.5, 0.6) is 11.5 Å². The average molecular weight is 384 g/mol. The molecule has 0 unspecified atom stereocenters. The van der Waals surface area contributed by atoms with E-state index in [1.165, 1.54) is 23.6 Å². The van der Waals surface area contributed by atoms with Crippen LogP contribution >= 0.6 is 22.9 Å². The van der Waals surface area contributed by atoms with Crippen LogP contribution in [0.3, 0.4) is 0 Å². The van der Waals surface area contributed by atoms with Crippen molar-refractivity contribution in [3.8, 4) is 22.1 Å². The summed E-state index contributed by atoms with van der Waals surface area (Å²) in [5.74, 6) is 1.28. The molecule has 26 heavy (non-hydrogen) atoms. The zero-order valence-electron chi connectivity index (χ0n) is 13.1. The van der Waals surface area contributed by atoms with Gasteiger partial charge in [0.2, 0.25) is 0 Å². The molecule has 4 rings (SSSR count).